The molecule has 1 rings (SSSR count). The van der Waals surface area contributed by atoms with E-state index in [1.165, 1.54) is 0 Å². The van der Waals surface area contributed by atoms with E-state index in [2.05, 4.69) is 31.1 Å². The first-order chi connectivity index (χ1) is 9.02. The smallest absolute Gasteiger partial charge is 0.189 e. The first-order valence-corrected chi connectivity index (χ1v) is 6.82. The molecule has 1 atom stereocenters. The van der Waals surface area contributed by atoms with Crippen LogP contribution in [-0.2, 0) is 0 Å². The molecule has 4 nitrogen and oxygen atoms in total. The van der Waals surface area contributed by atoms with Crippen molar-refractivity contribution in [3.05, 3.63) is 29.8 Å². The molecule has 0 radical (unpaired) electrons. The minimum atomic E-state index is 0. The van der Waals surface area contributed by atoms with E-state index in [1.54, 1.807) is 0 Å². The fourth-order valence-corrected chi connectivity index (χ4v) is 1.64. The van der Waals surface area contributed by atoms with Crippen molar-refractivity contribution in [1.82, 2.24) is 5.32 Å². The monoisotopic (exact) mass is 391 g/mol. The highest BCUT2D eigenvalue weighted by molar-refractivity contribution is 14.0. The van der Waals surface area contributed by atoms with Crippen molar-refractivity contribution >= 4 is 29.9 Å². The van der Waals surface area contributed by atoms with Gasteiger partial charge in [-0.05, 0) is 37.5 Å². The van der Waals surface area contributed by atoms with Gasteiger partial charge in [-0.1, -0.05) is 26.0 Å². The predicted octanol–water partition coefficient (Wildman–Crippen LogP) is 3.32. The molecule has 1 aromatic carbocycles. The second-order valence-corrected chi connectivity index (χ2v) is 5.00. The van der Waals surface area contributed by atoms with Gasteiger partial charge in [0, 0.05) is 6.54 Å². The molecule has 20 heavy (non-hydrogen) atoms. The summed E-state index contributed by atoms with van der Waals surface area (Å²) in [6, 6.07) is 8.21. The van der Waals surface area contributed by atoms with Crippen molar-refractivity contribution in [3.8, 4) is 5.75 Å². The Bertz CT molecular complexity index is 404. The number of nitrogens with zero attached hydrogens (tertiary/aromatic N) is 1. The number of rotatable bonds is 6. The molecular formula is C15H26IN3O. The number of benzene rings is 1. The first-order valence-electron chi connectivity index (χ1n) is 6.82. The van der Waals surface area contributed by atoms with Crippen LogP contribution in [0.2, 0.25) is 0 Å². The molecule has 0 heterocycles. The second-order valence-electron chi connectivity index (χ2n) is 5.00. The highest BCUT2D eigenvalue weighted by atomic mass is 127. The van der Waals surface area contributed by atoms with E-state index in [4.69, 9.17) is 10.5 Å². The summed E-state index contributed by atoms with van der Waals surface area (Å²) in [4.78, 5) is 4.12. The summed E-state index contributed by atoms with van der Waals surface area (Å²) in [7, 11) is 0. The van der Waals surface area contributed by atoms with Gasteiger partial charge in [-0.25, -0.2) is 0 Å². The van der Waals surface area contributed by atoms with E-state index in [-0.39, 0.29) is 30.0 Å². The largest absolute Gasteiger partial charge is 0.493 e. The third-order valence-corrected chi connectivity index (χ3v) is 2.66. The molecule has 0 aliphatic heterocycles. The van der Waals surface area contributed by atoms with E-state index in [0.717, 1.165) is 17.9 Å². The molecule has 0 aliphatic rings. The fraction of sp³-hybridized carbons (Fsp3) is 0.533. The molecule has 0 saturated carbocycles. The predicted molar refractivity (Wildman–Crippen MR) is 95.9 cm³/mol. The van der Waals surface area contributed by atoms with Gasteiger partial charge in [-0.2, -0.15) is 0 Å². The Labute approximate surface area is 139 Å². The van der Waals surface area contributed by atoms with Crippen LogP contribution in [0.5, 0.6) is 5.75 Å². The van der Waals surface area contributed by atoms with Crippen molar-refractivity contribution in [2.75, 3.05) is 13.2 Å². The molecule has 1 unspecified atom stereocenters. The molecule has 0 bridgehead atoms. The maximum Gasteiger partial charge on any atom is 0.189 e. The van der Waals surface area contributed by atoms with E-state index in [1.807, 2.05) is 31.2 Å². The highest BCUT2D eigenvalue weighted by Gasteiger charge is 2.06. The topological polar surface area (TPSA) is 59.6 Å². The Kier molecular flexibility index (Phi) is 9.37. The van der Waals surface area contributed by atoms with Gasteiger partial charge in [0.1, 0.15) is 5.75 Å². The molecule has 3 N–H and O–H groups in total. The normalized spacial score (nSPS) is 12.8. The van der Waals surface area contributed by atoms with Crippen LogP contribution in [0.25, 0.3) is 0 Å². The summed E-state index contributed by atoms with van der Waals surface area (Å²) in [5.41, 5.74) is 6.91. The summed E-state index contributed by atoms with van der Waals surface area (Å²) < 4.78 is 5.65. The number of guanidine groups is 1. The molecule has 0 saturated heterocycles. The van der Waals surface area contributed by atoms with Crippen LogP contribution in [-0.4, -0.2) is 19.1 Å². The lowest BCUT2D eigenvalue weighted by Gasteiger charge is -2.15. The highest BCUT2D eigenvalue weighted by Crippen LogP contribution is 2.18. The Morgan fingerprint density at radius 3 is 2.35 bits per heavy atom. The Hall–Kier alpha value is -0.980. The minimum absolute atomic E-state index is 0. The van der Waals surface area contributed by atoms with Gasteiger partial charge in [-0.15, -0.1) is 24.0 Å². The van der Waals surface area contributed by atoms with Crippen LogP contribution in [0.15, 0.2) is 29.3 Å². The third-order valence-electron chi connectivity index (χ3n) is 2.66. The van der Waals surface area contributed by atoms with Crippen LogP contribution in [0.1, 0.15) is 39.3 Å². The average Bonchev–Trinajstić information content (AvgIpc) is 2.37. The maximum absolute atomic E-state index is 5.75. The van der Waals surface area contributed by atoms with Gasteiger partial charge in [0.2, 0.25) is 0 Å². The number of nitrogens with two attached hydrogens (primary N) is 1. The maximum atomic E-state index is 5.75. The van der Waals surface area contributed by atoms with Crippen molar-refractivity contribution in [3.63, 3.8) is 0 Å². The van der Waals surface area contributed by atoms with E-state index in [9.17, 15) is 0 Å². The molecule has 0 fully saturated rings. The summed E-state index contributed by atoms with van der Waals surface area (Å²) in [5, 5.41) is 3.15. The van der Waals surface area contributed by atoms with Gasteiger partial charge >= 0.3 is 0 Å². The van der Waals surface area contributed by atoms with Gasteiger partial charge in [0.15, 0.2) is 5.96 Å². The minimum Gasteiger partial charge on any atom is -0.493 e. The molecule has 0 spiro atoms. The van der Waals surface area contributed by atoms with Crippen molar-refractivity contribution in [1.29, 1.82) is 0 Å². The molecule has 0 amide bonds. The average molecular weight is 391 g/mol. The van der Waals surface area contributed by atoms with Crippen LogP contribution >= 0.6 is 24.0 Å². The van der Waals surface area contributed by atoms with Crippen molar-refractivity contribution in [2.24, 2.45) is 16.6 Å². The fourth-order valence-electron chi connectivity index (χ4n) is 1.64. The zero-order valence-electron chi connectivity index (χ0n) is 12.7. The van der Waals surface area contributed by atoms with Crippen LogP contribution in [0.3, 0.4) is 0 Å². The van der Waals surface area contributed by atoms with Crippen LogP contribution in [0.4, 0.5) is 0 Å². The summed E-state index contributed by atoms with van der Waals surface area (Å²) in [5.74, 6) is 1.92. The number of halogens is 1. The number of hydrogen-bond donors (Lipinski definition) is 2. The number of nitrogens with one attached hydrogen (secondary N) is 1. The number of aliphatic imine (C=N–C) groups is 1. The molecule has 0 aromatic heterocycles. The van der Waals surface area contributed by atoms with Gasteiger partial charge in [-0.3, -0.25) is 4.99 Å². The lowest BCUT2D eigenvalue weighted by molar-refractivity contribution is 0.271. The van der Waals surface area contributed by atoms with E-state index < -0.39 is 0 Å². The Morgan fingerprint density at radius 1 is 1.25 bits per heavy atom. The van der Waals surface area contributed by atoms with E-state index in [0.29, 0.717) is 18.4 Å². The van der Waals surface area contributed by atoms with Crippen molar-refractivity contribution < 1.29 is 4.74 Å². The zero-order valence-corrected chi connectivity index (χ0v) is 15.0. The van der Waals surface area contributed by atoms with Gasteiger partial charge < -0.3 is 15.8 Å². The summed E-state index contributed by atoms with van der Waals surface area (Å²) in [6.45, 7) is 9.71. The molecule has 114 valence electrons. The third kappa shape index (κ3) is 6.98. The molecular weight excluding hydrogens is 365 g/mol. The molecule has 5 heteroatoms. The van der Waals surface area contributed by atoms with E-state index >= 15 is 0 Å². The van der Waals surface area contributed by atoms with Gasteiger partial charge in [0.05, 0.1) is 12.6 Å². The Morgan fingerprint density at radius 2 is 1.85 bits per heavy atom. The lowest BCUT2D eigenvalue weighted by atomic mass is 10.1. The number of hydrogen-bond acceptors (Lipinski definition) is 2. The Balaban J connectivity index is 0.00000361. The number of ether oxygens (including phenoxy) is 1. The quantitative estimate of drug-likeness (QED) is 0.444. The standard InChI is InChI=1S/C15H25N3O.HI/c1-5-17-15(16)18-12(4)13-6-8-14(9-7-13)19-10-11(2)3;/h6-9,11-12H,5,10H2,1-4H3,(H3,16,17,18);1H. The zero-order chi connectivity index (χ0) is 14.3. The second kappa shape index (κ2) is 9.85. The molecule has 1 aromatic rings. The first kappa shape index (κ1) is 19.0. The van der Waals surface area contributed by atoms with Crippen LogP contribution < -0.4 is 15.8 Å². The SMILES string of the molecule is CCN=C(N)NC(C)c1ccc(OCC(C)C)cc1.I. The summed E-state index contributed by atoms with van der Waals surface area (Å²) in [6.07, 6.45) is 0. The molecule has 0 aliphatic carbocycles. The lowest BCUT2D eigenvalue weighted by Crippen LogP contribution is -2.33. The van der Waals surface area contributed by atoms with Gasteiger partial charge in [0.25, 0.3) is 0 Å². The van der Waals surface area contributed by atoms with Crippen molar-refractivity contribution in [2.45, 2.75) is 33.7 Å². The summed E-state index contributed by atoms with van der Waals surface area (Å²) >= 11 is 0. The van der Waals surface area contributed by atoms with Crippen LogP contribution in [0, 0.1) is 5.92 Å².